The van der Waals surface area contributed by atoms with Crippen molar-refractivity contribution in [2.45, 2.75) is 26.2 Å². The van der Waals surface area contributed by atoms with Crippen LogP contribution in [0.15, 0.2) is 18.2 Å². The van der Waals surface area contributed by atoms with Crippen LogP contribution in [-0.4, -0.2) is 23.9 Å². The first kappa shape index (κ1) is 14.3. The molecule has 1 fully saturated rings. The molecule has 112 valence electrons. The Morgan fingerprint density at radius 2 is 2.24 bits per heavy atom. The van der Waals surface area contributed by atoms with Crippen LogP contribution < -0.4 is 5.73 Å². The van der Waals surface area contributed by atoms with E-state index in [9.17, 15) is 9.18 Å². The summed E-state index contributed by atoms with van der Waals surface area (Å²) in [4.78, 5) is 15.1. The highest BCUT2D eigenvalue weighted by molar-refractivity contribution is 7.21. The molecule has 0 unspecified atom stereocenters. The topological polar surface area (TPSA) is 46.3 Å². The first-order valence-corrected chi connectivity index (χ1v) is 8.18. The highest BCUT2D eigenvalue weighted by Gasteiger charge is 2.26. The number of nitrogens with zero attached hydrogens (tertiary/aromatic N) is 1. The molecule has 1 aromatic heterocycles. The van der Waals surface area contributed by atoms with Crippen LogP contribution >= 0.6 is 11.3 Å². The third-order valence-corrected chi connectivity index (χ3v) is 5.43. The van der Waals surface area contributed by atoms with Gasteiger partial charge in [-0.3, -0.25) is 4.79 Å². The molecule has 21 heavy (non-hydrogen) atoms. The summed E-state index contributed by atoms with van der Waals surface area (Å²) in [6.07, 6.45) is 3.68. The molecular formula is C16H19FN2OS. The average Bonchev–Trinajstić information content (AvgIpc) is 2.74. The zero-order chi connectivity index (χ0) is 15.0. The van der Waals surface area contributed by atoms with Gasteiger partial charge in [-0.25, -0.2) is 4.39 Å². The van der Waals surface area contributed by atoms with Crippen LogP contribution in [0.25, 0.3) is 10.1 Å². The lowest BCUT2D eigenvalue weighted by molar-refractivity contribution is 0.0712. The van der Waals surface area contributed by atoms with E-state index in [1.54, 1.807) is 6.07 Å². The average molecular weight is 306 g/mol. The Morgan fingerprint density at radius 1 is 1.48 bits per heavy atom. The maximum atomic E-state index is 13.3. The second-order valence-electron chi connectivity index (χ2n) is 5.63. The number of carbonyl (C=O) groups excluding carboxylic acids is 1. The van der Waals surface area contributed by atoms with Gasteiger partial charge in [-0.05, 0) is 43.9 Å². The molecule has 2 N–H and O–H groups in total. The summed E-state index contributed by atoms with van der Waals surface area (Å²) in [5.74, 6) is 0.276. The lowest BCUT2D eigenvalue weighted by Crippen LogP contribution is -2.37. The van der Waals surface area contributed by atoms with Crippen molar-refractivity contribution in [1.29, 1.82) is 0 Å². The Labute approximate surface area is 127 Å². The number of nitrogens with two attached hydrogens (primary N) is 1. The number of halogens is 1. The number of rotatable bonds is 4. The summed E-state index contributed by atoms with van der Waals surface area (Å²) in [5, 5.41) is 0.642. The Balaban J connectivity index is 1.90. The molecule has 1 saturated carbocycles. The quantitative estimate of drug-likeness (QED) is 0.931. The van der Waals surface area contributed by atoms with Gasteiger partial charge in [-0.2, -0.15) is 0 Å². The Bertz CT molecular complexity index is 678. The highest BCUT2D eigenvalue weighted by atomic mass is 32.1. The fourth-order valence-electron chi connectivity index (χ4n) is 2.73. The minimum Gasteiger partial charge on any atom is -0.397 e. The van der Waals surface area contributed by atoms with E-state index in [0.29, 0.717) is 28.4 Å². The summed E-state index contributed by atoms with van der Waals surface area (Å²) < 4.78 is 14.2. The second kappa shape index (κ2) is 5.64. The molecule has 0 saturated heterocycles. The van der Waals surface area contributed by atoms with E-state index in [1.807, 2.05) is 11.8 Å². The van der Waals surface area contributed by atoms with Gasteiger partial charge in [0.1, 0.15) is 10.7 Å². The summed E-state index contributed by atoms with van der Waals surface area (Å²) in [5.41, 5.74) is 6.48. The SMILES string of the molecule is CCN(CC1CCC1)C(=O)c1sc2ccc(F)cc2c1N. The van der Waals surface area contributed by atoms with E-state index in [-0.39, 0.29) is 11.7 Å². The number of amides is 1. The van der Waals surface area contributed by atoms with Crippen LogP contribution in [0.2, 0.25) is 0 Å². The van der Waals surface area contributed by atoms with Crippen molar-refractivity contribution in [3.05, 3.63) is 28.9 Å². The van der Waals surface area contributed by atoms with Crippen LogP contribution in [0, 0.1) is 11.7 Å². The maximum Gasteiger partial charge on any atom is 0.266 e. The fraction of sp³-hybridized carbons (Fsp3) is 0.438. The Morgan fingerprint density at radius 3 is 2.86 bits per heavy atom. The van der Waals surface area contributed by atoms with Gasteiger partial charge in [0, 0.05) is 23.2 Å². The van der Waals surface area contributed by atoms with Crippen molar-refractivity contribution < 1.29 is 9.18 Å². The molecule has 1 aliphatic carbocycles. The van der Waals surface area contributed by atoms with E-state index in [1.165, 1.54) is 42.7 Å². The molecule has 0 bridgehead atoms. The fourth-order valence-corrected chi connectivity index (χ4v) is 3.81. The van der Waals surface area contributed by atoms with E-state index in [0.717, 1.165) is 11.2 Å². The molecule has 0 spiro atoms. The number of carbonyl (C=O) groups is 1. The Kier molecular flexibility index (Phi) is 3.85. The molecule has 0 radical (unpaired) electrons. The third-order valence-electron chi connectivity index (χ3n) is 4.25. The first-order chi connectivity index (χ1) is 10.1. The van der Waals surface area contributed by atoms with Gasteiger partial charge in [0.25, 0.3) is 5.91 Å². The van der Waals surface area contributed by atoms with Crippen molar-refractivity contribution in [2.75, 3.05) is 18.8 Å². The lowest BCUT2D eigenvalue weighted by Gasteiger charge is -2.31. The highest BCUT2D eigenvalue weighted by Crippen LogP contribution is 2.35. The largest absolute Gasteiger partial charge is 0.397 e. The summed E-state index contributed by atoms with van der Waals surface area (Å²) in [6, 6.07) is 4.49. The predicted molar refractivity (Wildman–Crippen MR) is 85.1 cm³/mol. The maximum absolute atomic E-state index is 13.3. The standard InChI is InChI=1S/C16H19FN2OS/c1-2-19(9-10-4-3-5-10)16(20)15-14(18)12-8-11(17)6-7-13(12)21-15/h6-8,10H,2-5,9,18H2,1H3. The molecule has 3 nitrogen and oxygen atoms in total. The number of fused-ring (bicyclic) bond motifs is 1. The molecule has 0 aliphatic heterocycles. The smallest absolute Gasteiger partial charge is 0.266 e. The Hall–Kier alpha value is -1.62. The number of hydrogen-bond donors (Lipinski definition) is 1. The van der Waals surface area contributed by atoms with Crippen molar-refractivity contribution in [3.63, 3.8) is 0 Å². The predicted octanol–water partition coefficient (Wildman–Crippen LogP) is 3.88. The zero-order valence-electron chi connectivity index (χ0n) is 12.1. The molecule has 5 heteroatoms. The van der Waals surface area contributed by atoms with E-state index in [2.05, 4.69) is 0 Å². The van der Waals surface area contributed by atoms with Gasteiger partial charge in [-0.15, -0.1) is 11.3 Å². The van der Waals surface area contributed by atoms with E-state index < -0.39 is 0 Å². The van der Waals surface area contributed by atoms with Gasteiger partial charge in [0.2, 0.25) is 0 Å². The number of nitrogen functional groups attached to an aromatic ring is 1. The number of hydrogen-bond acceptors (Lipinski definition) is 3. The van der Waals surface area contributed by atoms with Gasteiger partial charge in [0.05, 0.1) is 5.69 Å². The second-order valence-corrected chi connectivity index (χ2v) is 6.68. The van der Waals surface area contributed by atoms with Crippen molar-refractivity contribution in [2.24, 2.45) is 5.92 Å². The lowest BCUT2D eigenvalue weighted by atomic mass is 9.85. The van der Waals surface area contributed by atoms with E-state index >= 15 is 0 Å². The molecule has 0 atom stereocenters. The molecule has 3 rings (SSSR count). The number of benzene rings is 1. The van der Waals surface area contributed by atoms with Crippen LogP contribution in [0.4, 0.5) is 10.1 Å². The molecule has 1 aliphatic rings. The van der Waals surface area contributed by atoms with Gasteiger partial charge in [0.15, 0.2) is 0 Å². The van der Waals surface area contributed by atoms with Gasteiger partial charge in [-0.1, -0.05) is 6.42 Å². The minimum atomic E-state index is -0.326. The number of thiophene rings is 1. The van der Waals surface area contributed by atoms with Crippen LogP contribution in [-0.2, 0) is 0 Å². The summed E-state index contributed by atoms with van der Waals surface area (Å²) in [6.45, 7) is 3.47. The zero-order valence-corrected chi connectivity index (χ0v) is 12.9. The molecular weight excluding hydrogens is 287 g/mol. The van der Waals surface area contributed by atoms with Crippen molar-refractivity contribution in [1.82, 2.24) is 4.90 Å². The van der Waals surface area contributed by atoms with Crippen molar-refractivity contribution >= 4 is 33.0 Å². The molecule has 1 aromatic carbocycles. The monoisotopic (exact) mass is 306 g/mol. The molecule has 2 aromatic rings. The number of anilines is 1. The molecule has 1 heterocycles. The normalized spacial score (nSPS) is 15.1. The minimum absolute atomic E-state index is 0.0245. The molecule has 1 amide bonds. The van der Waals surface area contributed by atoms with Crippen LogP contribution in [0.1, 0.15) is 35.9 Å². The van der Waals surface area contributed by atoms with Crippen molar-refractivity contribution in [3.8, 4) is 0 Å². The summed E-state index contributed by atoms with van der Waals surface area (Å²) in [7, 11) is 0. The third kappa shape index (κ3) is 2.62. The van der Waals surface area contributed by atoms with Crippen LogP contribution in [0.5, 0.6) is 0 Å². The van der Waals surface area contributed by atoms with E-state index in [4.69, 9.17) is 5.73 Å². The van der Waals surface area contributed by atoms with Gasteiger partial charge >= 0.3 is 0 Å². The van der Waals surface area contributed by atoms with Crippen LogP contribution in [0.3, 0.4) is 0 Å². The first-order valence-electron chi connectivity index (χ1n) is 7.37. The summed E-state index contributed by atoms with van der Waals surface area (Å²) >= 11 is 1.35. The van der Waals surface area contributed by atoms with Gasteiger partial charge < -0.3 is 10.6 Å².